The Balaban J connectivity index is 1.02. The molecule has 2 nitrogen and oxygen atoms in total. The molecule has 0 unspecified atom stereocenters. The summed E-state index contributed by atoms with van der Waals surface area (Å²) in [7, 11) is 0. The molecule has 0 radical (unpaired) electrons. The number of hydrogen-bond donors (Lipinski definition) is 0. The average Bonchev–Trinajstić information content (AvgIpc) is 3.75. The lowest BCUT2D eigenvalue weighted by atomic mass is 9.82. The molecule has 280 valence electrons. The van der Waals surface area contributed by atoms with Crippen molar-refractivity contribution in [3.05, 3.63) is 230 Å². The summed E-state index contributed by atoms with van der Waals surface area (Å²) in [5.74, 6) is 0. The molecule has 11 rings (SSSR count). The van der Waals surface area contributed by atoms with Gasteiger partial charge in [-0.05, 0) is 111 Å². The first-order valence-electron chi connectivity index (χ1n) is 20.5. The lowest BCUT2D eigenvalue weighted by Crippen LogP contribution is -2.16. The third-order valence-corrected chi connectivity index (χ3v) is 12.4. The lowest BCUT2D eigenvalue weighted by Gasteiger charge is -2.28. The van der Waals surface area contributed by atoms with E-state index < -0.39 is 0 Å². The fourth-order valence-electron chi connectivity index (χ4n) is 9.46. The first-order chi connectivity index (χ1) is 29.0. The van der Waals surface area contributed by atoms with Gasteiger partial charge in [0.1, 0.15) is 0 Å². The third-order valence-electron chi connectivity index (χ3n) is 12.4. The van der Waals surface area contributed by atoms with Gasteiger partial charge in [-0.2, -0.15) is 0 Å². The van der Waals surface area contributed by atoms with Crippen molar-refractivity contribution in [3.8, 4) is 50.2 Å². The molecule has 0 aliphatic heterocycles. The smallest absolute Gasteiger partial charge is 0.0541 e. The Hall–Kier alpha value is -7.42. The second-order valence-electron chi connectivity index (χ2n) is 16.2. The molecule has 0 N–H and O–H groups in total. The van der Waals surface area contributed by atoms with E-state index in [0.717, 1.165) is 22.7 Å². The Bertz CT molecular complexity index is 3150. The number of benzene rings is 9. The van der Waals surface area contributed by atoms with Gasteiger partial charge in [-0.25, -0.2) is 0 Å². The van der Waals surface area contributed by atoms with Crippen molar-refractivity contribution < 1.29 is 0 Å². The van der Waals surface area contributed by atoms with Crippen molar-refractivity contribution >= 4 is 38.9 Å². The van der Waals surface area contributed by atoms with E-state index >= 15 is 0 Å². The molecule has 0 atom stereocenters. The molecule has 1 heterocycles. The zero-order valence-electron chi connectivity index (χ0n) is 33.2. The van der Waals surface area contributed by atoms with Crippen LogP contribution in [0.4, 0.5) is 17.1 Å². The fraction of sp³-hybridized carbons (Fsp3) is 0.0526. The molecule has 9 aromatic carbocycles. The number of hydrogen-bond acceptors (Lipinski definition) is 1. The summed E-state index contributed by atoms with van der Waals surface area (Å²) in [6.07, 6.45) is 0. The number of nitrogens with zero attached hydrogens (tertiary/aromatic N) is 2. The van der Waals surface area contributed by atoms with Gasteiger partial charge in [-0.3, -0.25) is 0 Å². The van der Waals surface area contributed by atoms with Gasteiger partial charge in [0.15, 0.2) is 0 Å². The molecule has 0 bridgehead atoms. The van der Waals surface area contributed by atoms with E-state index in [-0.39, 0.29) is 5.41 Å². The van der Waals surface area contributed by atoms with Crippen molar-refractivity contribution in [2.45, 2.75) is 19.3 Å². The van der Waals surface area contributed by atoms with Crippen molar-refractivity contribution in [2.24, 2.45) is 0 Å². The van der Waals surface area contributed by atoms with Crippen LogP contribution in [0.25, 0.3) is 72.0 Å². The topological polar surface area (TPSA) is 8.17 Å². The molecule has 1 aliphatic rings. The van der Waals surface area contributed by atoms with Crippen LogP contribution in [0.2, 0.25) is 0 Å². The number of para-hydroxylation sites is 2. The van der Waals surface area contributed by atoms with Crippen molar-refractivity contribution in [1.29, 1.82) is 0 Å². The Labute approximate surface area is 345 Å². The summed E-state index contributed by atoms with van der Waals surface area (Å²) in [4.78, 5) is 2.40. The van der Waals surface area contributed by atoms with Gasteiger partial charge in [0.25, 0.3) is 0 Å². The summed E-state index contributed by atoms with van der Waals surface area (Å²) in [5.41, 5.74) is 19.4. The minimum Gasteiger partial charge on any atom is -0.310 e. The normalized spacial score (nSPS) is 12.7. The Kier molecular flexibility index (Phi) is 8.20. The van der Waals surface area contributed by atoms with E-state index in [2.05, 4.69) is 242 Å². The van der Waals surface area contributed by atoms with Crippen LogP contribution in [0.3, 0.4) is 0 Å². The minimum atomic E-state index is -0.103. The second kappa shape index (κ2) is 13.9. The number of aromatic nitrogens is 1. The van der Waals surface area contributed by atoms with Crippen LogP contribution in [0, 0.1) is 0 Å². The Morgan fingerprint density at radius 1 is 0.339 bits per heavy atom. The molecule has 0 saturated carbocycles. The van der Waals surface area contributed by atoms with E-state index in [0.29, 0.717) is 0 Å². The van der Waals surface area contributed by atoms with Crippen molar-refractivity contribution in [2.75, 3.05) is 4.90 Å². The van der Waals surface area contributed by atoms with Crippen LogP contribution in [0.15, 0.2) is 218 Å². The highest BCUT2D eigenvalue weighted by atomic mass is 15.1. The van der Waals surface area contributed by atoms with Gasteiger partial charge in [-0.1, -0.05) is 172 Å². The number of anilines is 3. The first kappa shape index (κ1) is 34.8. The van der Waals surface area contributed by atoms with Crippen LogP contribution < -0.4 is 4.90 Å². The molecule has 0 saturated heterocycles. The highest BCUT2D eigenvalue weighted by molar-refractivity contribution is 6.11. The summed E-state index contributed by atoms with van der Waals surface area (Å²) < 4.78 is 2.44. The highest BCUT2D eigenvalue weighted by Crippen LogP contribution is 2.51. The number of rotatable bonds is 7. The van der Waals surface area contributed by atoms with Gasteiger partial charge >= 0.3 is 0 Å². The molecule has 2 heteroatoms. The molecular weight excluding hydrogens is 713 g/mol. The zero-order chi connectivity index (χ0) is 39.5. The fourth-order valence-corrected chi connectivity index (χ4v) is 9.46. The van der Waals surface area contributed by atoms with E-state index in [4.69, 9.17) is 0 Å². The van der Waals surface area contributed by atoms with Crippen LogP contribution in [-0.2, 0) is 5.41 Å². The first-order valence-corrected chi connectivity index (χ1v) is 20.5. The van der Waals surface area contributed by atoms with Gasteiger partial charge in [0.2, 0.25) is 0 Å². The average molecular weight is 755 g/mol. The second-order valence-corrected chi connectivity index (χ2v) is 16.2. The van der Waals surface area contributed by atoms with Gasteiger partial charge in [-0.15, -0.1) is 0 Å². The predicted octanol–water partition coefficient (Wildman–Crippen LogP) is 15.6. The zero-order valence-corrected chi connectivity index (χ0v) is 33.2. The van der Waals surface area contributed by atoms with Crippen LogP contribution in [0.1, 0.15) is 25.0 Å². The van der Waals surface area contributed by atoms with Crippen LogP contribution >= 0.6 is 0 Å². The maximum absolute atomic E-state index is 2.44. The predicted molar refractivity (Wildman–Crippen MR) is 249 cm³/mol. The van der Waals surface area contributed by atoms with Gasteiger partial charge in [0, 0.05) is 38.8 Å². The quantitative estimate of drug-likeness (QED) is 0.157. The molecule has 0 spiro atoms. The summed E-state index contributed by atoms with van der Waals surface area (Å²) >= 11 is 0. The summed E-state index contributed by atoms with van der Waals surface area (Å²) in [5, 5.41) is 2.50. The monoisotopic (exact) mass is 754 g/mol. The summed E-state index contributed by atoms with van der Waals surface area (Å²) in [6, 6.07) is 79.8. The minimum absolute atomic E-state index is 0.103. The maximum atomic E-state index is 2.44. The lowest BCUT2D eigenvalue weighted by molar-refractivity contribution is 0.660. The van der Waals surface area contributed by atoms with Crippen LogP contribution in [0.5, 0.6) is 0 Å². The van der Waals surface area contributed by atoms with E-state index in [9.17, 15) is 0 Å². The molecule has 0 fully saturated rings. The highest BCUT2D eigenvalue weighted by Gasteiger charge is 2.35. The van der Waals surface area contributed by atoms with Gasteiger partial charge in [0.05, 0.1) is 16.7 Å². The molecule has 1 aliphatic carbocycles. The molecule has 10 aromatic rings. The molecular formula is C57H42N2. The van der Waals surface area contributed by atoms with Gasteiger partial charge < -0.3 is 9.47 Å². The van der Waals surface area contributed by atoms with E-state index in [1.54, 1.807) is 0 Å². The molecule has 59 heavy (non-hydrogen) atoms. The molecule has 1 aromatic heterocycles. The SMILES string of the molecule is CC1(C)c2ccccc2-c2ccc(N(c3ccc(-c4ccccc4)cc3)c3ccc(-c4ccccc4-n4c5ccccc5c5cc(-c6ccccc6)ccc54)cc3)cc21. The van der Waals surface area contributed by atoms with Crippen LogP contribution in [-0.4, -0.2) is 4.57 Å². The molecule has 0 amide bonds. The number of fused-ring (bicyclic) bond motifs is 6. The van der Waals surface area contributed by atoms with E-state index in [1.165, 1.54) is 77.4 Å². The Morgan fingerprint density at radius 3 is 1.58 bits per heavy atom. The maximum Gasteiger partial charge on any atom is 0.0541 e. The third kappa shape index (κ3) is 5.79. The Morgan fingerprint density at radius 2 is 0.847 bits per heavy atom. The van der Waals surface area contributed by atoms with Crippen molar-refractivity contribution in [1.82, 2.24) is 4.57 Å². The van der Waals surface area contributed by atoms with Crippen molar-refractivity contribution in [3.63, 3.8) is 0 Å². The largest absolute Gasteiger partial charge is 0.310 e. The van der Waals surface area contributed by atoms with E-state index in [1.807, 2.05) is 0 Å². The summed E-state index contributed by atoms with van der Waals surface area (Å²) in [6.45, 7) is 4.71. The standard InChI is InChI=1S/C57H42N2/c1-57(2)52-22-12-9-20-48(52)49-35-34-46(38-53(49)57)58(44-30-25-41(26-31-44)39-15-5-3-6-16-39)45-32-27-42(28-33-45)47-19-10-13-23-54(47)59-55-24-14-11-21-50(55)51-37-43(29-36-56(51)59)40-17-7-4-8-18-40/h3-38H,1-2H3.